The van der Waals surface area contributed by atoms with E-state index >= 15 is 0 Å². The van der Waals surface area contributed by atoms with Crippen LogP contribution in [0.3, 0.4) is 0 Å². The monoisotopic (exact) mass is 160 g/mol. The predicted molar refractivity (Wildman–Crippen MR) is 52.8 cm³/mol. The Balaban J connectivity index is 3.17. The van der Waals surface area contributed by atoms with Crippen LogP contribution in [-0.4, -0.2) is 5.11 Å². The van der Waals surface area contributed by atoms with E-state index in [2.05, 4.69) is 6.58 Å². The molecule has 1 N–H and O–H groups in total. The number of hydrogen-bond acceptors (Lipinski definition) is 1. The van der Waals surface area contributed by atoms with Gasteiger partial charge in [0.15, 0.2) is 0 Å². The van der Waals surface area contributed by atoms with E-state index in [1.807, 2.05) is 43.3 Å². The van der Waals surface area contributed by atoms with Crippen molar-refractivity contribution in [1.82, 2.24) is 0 Å². The van der Waals surface area contributed by atoms with E-state index in [1.54, 1.807) is 0 Å². The normalized spacial score (nSPS) is 10.4. The van der Waals surface area contributed by atoms with Crippen LogP contribution >= 0.6 is 0 Å². The number of aliphatic hydroxyl groups is 1. The van der Waals surface area contributed by atoms with Crippen molar-refractivity contribution in [2.45, 2.75) is 6.92 Å². The molecule has 1 rings (SSSR count). The van der Waals surface area contributed by atoms with Crippen molar-refractivity contribution in [3.63, 3.8) is 0 Å². The van der Waals surface area contributed by atoms with Crippen LogP contribution < -0.4 is 0 Å². The third-order valence-corrected chi connectivity index (χ3v) is 1.62. The van der Waals surface area contributed by atoms with Crippen molar-refractivity contribution in [3.05, 3.63) is 48.0 Å². The van der Waals surface area contributed by atoms with Crippen LogP contribution in [-0.2, 0) is 0 Å². The molecule has 0 saturated carbocycles. The molecule has 12 heavy (non-hydrogen) atoms. The summed E-state index contributed by atoms with van der Waals surface area (Å²) < 4.78 is 0. The summed E-state index contributed by atoms with van der Waals surface area (Å²) in [6.45, 7) is 5.43. The smallest absolute Gasteiger partial charge is 0.116 e. The second-order valence-corrected chi connectivity index (χ2v) is 2.53. The van der Waals surface area contributed by atoms with E-state index in [4.69, 9.17) is 0 Å². The van der Waals surface area contributed by atoms with E-state index in [9.17, 15) is 5.11 Å². The van der Waals surface area contributed by atoms with Gasteiger partial charge in [-0.15, -0.1) is 0 Å². The maximum absolute atomic E-state index is 9.20. The standard InChI is InChI=1S/C11H12O/c1-3-6-10-7-4-5-8-11(10)9(2)12/h3-8,12H,2H2,1H3/b6-3-. The molecule has 62 valence electrons. The molecule has 1 aromatic rings. The van der Waals surface area contributed by atoms with Gasteiger partial charge < -0.3 is 5.11 Å². The zero-order valence-electron chi connectivity index (χ0n) is 7.12. The van der Waals surface area contributed by atoms with Gasteiger partial charge in [-0.1, -0.05) is 43.0 Å². The Bertz CT molecular complexity index is 311. The van der Waals surface area contributed by atoms with E-state index in [-0.39, 0.29) is 5.76 Å². The molecule has 0 amide bonds. The van der Waals surface area contributed by atoms with Crippen LogP contribution in [0.5, 0.6) is 0 Å². The van der Waals surface area contributed by atoms with Gasteiger partial charge in [-0.05, 0) is 12.5 Å². The fourth-order valence-electron chi connectivity index (χ4n) is 1.08. The van der Waals surface area contributed by atoms with Crippen LogP contribution in [0, 0.1) is 0 Å². The molecule has 0 fully saturated rings. The van der Waals surface area contributed by atoms with Crippen LogP contribution in [0.1, 0.15) is 18.1 Å². The Hall–Kier alpha value is -1.50. The van der Waals surface area contributed by atoms with Crippen molar-refractivity contribution in [1.29, 1.82) is 0 Å². The van der Waals surface area contributed by atoms with Crippen molar-refractivity contribution in [2.24, 2.45) is 0 Å². The predicted octanol–water partition coefficient (Wildman–Crippen LogP) is 3.25. The average molecular weight is 160 g/mol. The summed E-state index contributed by atoms with van der Waals surface area (Å²) in [5, 5.41) is 9.20. The van der Waals surface area contributed by atoms with Crippen molar-refractivity contribution in [3.8, 4) is 0 Å². The molecule has 0 radical (unpaired) electrons. The van der Waals surface area contributed by atoms with Gasteiger partial charge in [-0.3, -0.25) is 0 Å². The van der Waals surface area contributed by atoms with Gasteiger partial charge in [-0.2, -0.15) is 0 Å². The Morgan fingerprint density at radius 2 is 2.08 bits per heavy atom. The van der Waals surface area contributed by atoms with E-state index in [0.29, 0.717) is 0 Å². The minimum Gasteiger partial charge on any atom is -0.508 e. The van der Waals surface area contributed by atoms with E-state index in [0.717, 1.165) is 11.1 Å². The summed E-state index contributed by atoms with van der Waals surface area (Å²) in [6.07, 6.45) is 3.87. The Morgan fingerprint density at radius 1 is 1.42 bits per heavy atom. The van der Waals surface area contributed by atoms with Crippen LogP contribution in [0.15, 0.2) is 36.9 Å². The fourth-order valence-corrected chi connectivity index (χ4v) is 1.08. The molecule has 0 atom stereocenters. The Kier molecular flexibility index (Phi) is 2.70. The first-order valence-corrected chi connectivity index (χ1v) is 3.85. The van der Waals surface area contributed by atoms with Gasteiger partial charge in [0.2, 0.25) is 0 Å². The molecule has 0 aliphatic carbocycles. The summed E-state index contributed by atoms with van der Waals surface area (Å²) in [7, 11) is 0. The Morgan fingerprint density at radius 3 is 2.67 bits per heavy atom. The van der Waals surface area contributed by atoms with Gasteiger partial charge in [0.1, 0.15) is 5.76 Å². The Labute approximate surface area is 72.7 Å². The van der Waals surface area contributed by atoms with Crippen LogP contribution in [0.4, 0.5) is 0 Å². The van der Waals surface area contributed by atoms with Crippen molar-refractivity contribution < 1.29 is 5.11 Å². The van der Waals surface area contributed by atoms with Gasteiger partial charge in [0.05, 0.1) is 0 Å². The highest BCUT2D eigenvalue weighted by Gasteiger charge is 1.99. The molecule has 0 heterocycles. The lowest BCUT2D eigenvalue weighted by Gasteiger charge is -2.02. The van der Waals surface area contributed by atoms with Crippen molar-refractivity contribution >= 4 is 11.8 Å². The molecule has 1 aromatic carbocycles. The molecule has 0 spiro atoms. The molecule has 0 saturated heterocycles. The summed E-state index contributed by atoms with van der Waals surface area (Å²) in [5.74, 6) is 0.115. The molecular weight excluding hydrogens is 148 g/mol. The second-order valence-electron chi connectivity index (χ2n) is 2.53. The molecule has 0 bridgehead atoms. The van der Waals surface area contributed by atoms with Gasteiger partial charge in [0.25, 0.3) is 0 Å². The van der Waals surface area contributed by atoms with Gasteiger partial charge in [-0.25, -0.2) is 0 Å². The third kappa shape index (κ3) is 1.76. The number of hydrogen-bond donors (Lipinski definition) is 1. The fraction of sp³-hybridized carbons (Fsp3) is 0.0909. The minimum atomic E-state index is 0.115. The summed E-state index contributed by atoms with van der Waals surface area (Å²) in [6, 6.07) is 7.60. The number of rotatable bonds is 2. The molecule has 0 unspecified atom stereocenters. The number of allylic oxidation sites excluding steroid dienone is 1. The molecule has 0 aliphatic rings. The van der Waals surface area contributed by atoms with E-state index in [1.165, 1.54) is 0 Å². The topological polar surface area (TPSA) is 20.2 Å². The lowest BCUT2D eigenvalue weighted by molar-refractivity contribution is 0.513. The number of aliphatic hydroxyl groups excluding tert-OH is 1. The zero-order valence-corrected chi connectivity index (χ0v) is 7.12. The first-order valence-electron chi connectivity index (χ1n) is 3.85. The van der Waals surface area contributed by atoms with E-state index < -0.39 is 0 Å². The molecule has 0 aliphatic heterocycles. The summed E-state index contributed by atoms with van der Waals surface area (Å²) in [5.41, 5.74) is 1.78. The maximum atomic E-state index is 9.20. The summed E-state index contributed by atoms with van der Waals surface area (Å²) in [4.78, 5) is 0. The van der Waals surface area contributed by atoms with Crippen molar-refractivity contribution in [2.75, 3.05) is 0 Å². The highest BCUT2D eigenvalue weighted by atomic mass is 16.3. The highest BCUT2D eigenvalue weighted by Crippen LogP contribution is 2.16. The zero-order chi connectivity index (χ0) is 8.97. The highest BCUT2D eigenvalue weighted by molar-refractivity contribution is 5.68. The largest absolute Gasteiger partial charge is 0.508 e. The average Bonchev–Trinajstić information content (AvgIpc) is 2.05. The number of benzene rings is 1. The molecule has 1 heteroatoms. The third-order valence-electron chi connectivity index (χ3n) is 1.62. The molecular formula is C11H12O. The van der Waals surface area contributed by atoms with Gasteiger partial charge >= 0.3 is 0 Å². The minimum absolute atomic E-state index is 0.115. The first kappa shape index (κ1) is 8.60. The lowest BCUT2D eigenvalue weighted by atomic mass is 10.1. The molecule has 0 aromatic heterocycles. The van der Waals surface area contributed by atoms with Crippen LogP contribution in [0.25, 0.3) is 11.8 Å². The SMILES string of the molecule is C=C(O)c1ccccc1/C=C\C. The second kappa shape index (κ2) is 3.77. The van der Waals surface area contributed by atoms with Crippen LogP contribution in [0.2, 0.25) is 0 Å². The van der Waals surface area contributed by atoms with Gasteiger partial charge in [0, 0.05) is 5.56 Å². The lowest BCUT2D eigenvalue weighted by Crippen LogP contribution is -1.84. The quantitative estimate of drug-likeness (QED) is 0.658. The first-order chi connectivity index (χ1) is 5.75. The molecule has 1 nitrogen and oxygen atoms in total. The maximum Gasteiger partial charge on any atom is 0.116 e. The summed E-state index contributed by atoms with van der Waals surface area (Å²) >= 11 is 0.